The fourth-order valence-corrected chi connectivity index (χ4v) is 5.33. The van der Waals surface area contributed by atoms with E-state index in [1.165, 1.54) is 4.90 Å². The molecule has 16 heteroatoms. The van der Waals surface area contributed by atoms with E-state index in [0.29, 0.717) is 19.3 Å². The molecule has 1 aliphatic carbocycles. The molecule has 1 aliphatic heterocycles. The summed E-state index contributed by atoms with van der Waals surface area (Å²) in [5.41, 5.74) is -2.88. The Hall–Kier alpha value is -5.02. The predicted octanol–water partition coefficient (Wildman–Crippen LogP) is 4.01. The van der Waals surface area contributed by atoms with E-state index in [9.17, 15) is 50.0 Å². The van der Waals surface area contributed by atoms with Gasteiger partial charge in [-0.25, -0.2) is 0 Å². The van der Waals surface area contributed by atoms with E-state index in [0.717, 1.165) is 55.7 Å². The molecule has 0 radical (unpaired) electrons. The van der Waals surface area contributed by atoms with E-state index in [2.05, 4.69) is 0 Å². The van der Waals surface area contributed by atoms with Crippen LogP contribution in [0.3, 0.4) is 0 Å². The standard InChI is InChI=1S/C24H24N6O10/c31-23(15-8-19(27(33)34)12-20(9-15)28(35)36)25-7-6-18(14-25)26(17-4-2-1-3-5-17)24(32)16-10-21(29(37)38)13-22(11-16)30(39)40/h8-13,17-18H,1-7,14H2. The van der Waals surface area contributed by atoms with Crippen molar-refractivity contribution in [1.29, 1.82) is 0 Å². The van der Waals surface area contributed by atoms with Gasteiger partial charge in [-0.3, -0.25) is 50.0 Å². The van der Waals surface area contributed by atoms with Crippen LogP contribution in [0.25, 0.3) is 0 Å². The first-order valence-electron chi connectivity index (χ1n) is 12.5. The fourth-order valence-electron chi connectivity index (χ4n) is 5.33. The van der Waals surface area contributed by atoms with Gasteiger partial charge in [-0.1, -0.05) is 19.3 Å². The van der Waals surface area contributed by atoms with Crippen molar-refractivity contribution in [2.45, 2.75) is 50.6 Å². The van der Waals surface area contributed by atoms with E-state index in [-0.39, 0.29) is 30.3 Å². The van der Waals surface area contributed by atoms with Crippen molar-refractivity contribution in [3.05, 3.63) is 88.0 Å². The molecule has 1 atom stereocenters. The molecule has 1 saturated carbocycles. The zero-order valence-electron chi connectivity index (χ0n) is 21.0. The maximum atomic E-state index is 13.8. The van der Waals surface area contributed by atoms with Crippen LogP contribution < -0.4 is 0 Å². The average Bonchev–Trinajstić information content (AvgIpc) is 3.42. The molecule has 2 fully saturated rings. The Bertz CT molecular complexity index is 1340. The van der Waals surface area contributed by atoms with E-state index in [1.54, 1.807) is 4.90 Å². The molecule has 2 aromatic carbocycles. The van der Waals surface area contributed by atoms with Gasteiger partial charge in [-0.2, -0.15) is 0 Å². The molecule has 210 valence electrons. The summed E-state index contributed by atoms with van der Waals surface area (Å²) in [6.07, 6.45) is 4.21. The normalized spacial score (nSPS) is 17.3. The highest BCUT2D eigenvalue weighted by molar-refractivity contribution is 5.97. The highest BCUT2D eigenvalue weighted by atomic mass is 16.6. The van der Waals surface area contributed by atoms with Gasteiger partial charge in [0.25, 0.3) is 34.6 Å². The van der Waals surface area contributed by atoms with Crippen molar-refractivity contribution in [1.82, 2.24) is 9.80 Å². The van der Waals surface area contributed by atoms with Gasteiger partial charge in [0.15, 0.2) is 0 Å². The van der Waals surface area contributed by atoms with Crippen LogP contribution >= 0.6 is 0 Å². The van der Waals surface area contributed by atoms with Gasteiger partial charge < -0.3 is 9.80 Å². The van der Waals surface area contributed by atoms with Gasteiger partial charge in [-0.15, -0.1) is 0 Å². The third-order valence-electron chi connectivity index (χ3n) is 7.19. The first-order chi connectivity index (χ1) is 19.0. The maximum absolute atomic E-state index is 13.8. The highest BCUT2D eigenvalue weighted by Crippen LogP contribution is 2.32. The number of carbonyl (C=O) groups is 2. The number of benzene rings is 2. The molecular formula is C24H24N6O10. The van der Waals surface area contributed by atoms with Gasteiger partial charge in [0.1, 0.15) is 0 Å². The number of hydrogen-bond acceptors (Lipinski definition) is 10. The molecule has 2 aromatic rings. The Morgan fingerprint density at radius 1 is 0.650 bits per heavy atom. The largest absolute Gasteiger partial charge is 0.336 e. The lowest BCUT2D eigenvalue weighted by atomic mass is 9.92. The van der Waals surface area contributed by atoms with E-state index >= 15 is 0 Å². The number of nitro benzene ring substituents is 4. The summed E-state index contributed by atoms with van der Waals surface area (Å²) >= 11 is 0. The molecule has 4 rings (SSSR count). The zero-order valence-corrected chi connectivity index (χ0v) is 21.0. The minimum absolute atomic E-state index is 0.00851. The Kier molecular flexibility index (Phi) is 7.97. The third kappa shape index (κ3) is 5.84. The minimum atomic E-state index is -0.835. The van der Waals surface area contributed by atoms with Crippen molar-refractivity contribution in [3.8, 4) is 0 Å². The lowest BCUT2D eigenvalue weighted by molar-refractivity contribution is -0.394. The Balaban J connectivity index is 1.65. The molecule has 0 N–H and O–H groups in total. The van der Waals surface area contributed by atoms with Crippen LogP contribution in [0.2, 0.25) is 0 Å². The number of likely N-dealkylation sites (tertiary alicyclic amines) is 1. The molecule has 1 unspecified atom stereocenters. The second-order valence-electron chi connectivity index (χ2n) is 9.70. The molecule has 0 aromatic heterocycles. The van der Waals surface area contributed by atoms with Crippen molar-refractivity contribution in [3.63, 3.8) is 0 Å². The smallest absolute Gasteiger partial charge is 0.277 e. The molecule has 40 heavy (non-hydrogen) atoms. The number of carbonyl (C=O) groups excluding carboxylic acids is 2. The van der Waals surface area contributed by atoms with Crippen LogP contribution in [0, 0.1) is 40.5 Å². The monoisotopic (exact) mass is 556 g/mol. The number of rotatable bonds is 8. The van der Waals surface area contributed by atoms with Crippen LogP contribution in [0.4, 0.5) is 22.7 Å². The Labute approximate surface area is 225 Å². The van der Waals surface area contributed by atoms with Gasteiger partial charge in [0.2, 0.25) is 0 Å². The average molecular weight is 556 g/mol. The molecule has 0 spiro atoms. The minimum Gasteiger partial charge on any atom is -0.336 e. The quantitative estimate of drug-likeness (QED) is 0.336. The maximum Gasteiger partial charge on any atom is 0.277 e. The summed E-state index contributed by atoms with van der Waals surface area (Å²) in [6, 6.07) is 4.60. The van der Waals surface area contributed by atoms with Crippen molar-refractivity contribution in [2.24, 2.45) is 0 Å². The molecule has 2 aliphatic rings. The van der Waals surface area contributed by atoms with E-state index < -0.39 is 60.3 Å². The molecule has 1 saturated heterocycles. The van der Waals surface area contributed by atoms with E-state index in [4.69, 9.17) is 0 Å². The van der Waals surface area contributed by atoms with Gasteiger partial charge in [-0.05, 0) is 19.3 Å². The Morgan fingerprint density at radius 2 is 1.10 bits per heavy atom. The number of non-ortho nitro benzene ring substituents is 4. The summed E-state index contributed by atoms with van der Waals surface area (Å²) in [5, 5.41) is 45.3. The molecular weight excluding hydrogens is 532 g/mol. The van der Waals surface area contributed by atoms with Crippen molar-refractivity contribution < 1.29 is 29.3 Å². The summed E-state index contributed by atoms with van der Waals surface area (Å²) in [6.45, 7) is 0.153. The first-order valence-corrected chi connectivity index (χ1v) is 12.5. The van der Waals surface area contributed by atoms with Gasteiger partial charge >= 0.3 is 0 Å². The molecule has 2 amide bonds. The Morgan fingerprint density at radius 3 is 1.55 bits per heavy atom. The fraction of sp³-hybridized carbons (Fsp3) is 0.417. The highest BCUT2D eigenvalue weighted by Gasteiger charge is 2.39. The molecule has 1 heterocycles. The van der Waals surface area contributed by atoms with E-state index in [1.807, 2.05) is 0 Å². The van der Waals surface area contributed by atoms with Crippen LogP contribution in [0.5, 0.6) is 0 Å². The second-order valence-corrected chi connectivity index (χ2v) is 9.70. The van der Waals surface area contributed by atoms with Crippen LogP contribution in [0.1, 0.15) is 59.2 Å². The molecule has 0 bridgehead atoms. The third-order valence-corrected chi connectivity index (χ3v) is 7.19. The second kappa shape index (κ2) is 11.4. The van der Waals surface area contributed by atoms with Crippen LogP contribution in [0.15, 0.2) is 36.4 Å². The number of nitro groups is 4. The lowest BCUT2D eigenvalue weighted by Gasteiger charge is -2.38. The summed E-state index contributed by atoms with van der Waals surface area (Å²) in [7, 11) is 0. The number of nitrogens with zero attached hydrogens (tertiary/aromatic N) is 6. The molecule has 16 nitrogen and oxygen atoms in total. The number of hydrogen-bond donors (Lipinski definition) is 0. The van der Waals surface area contributed by atoms with Gasteiger partial charge in [0.05, 0.1) is 49.0 Å². The number of amides is 2. The summed E-state index contributed by atoms with van der Waals surface area (Å²) in [4.78, 5) is 71.9. The zero-order chi connectivity index (χ0) is 29.1. The van der Waals surface area contributed by atoms with Crippen molar-refractivity contribution >= 4 is 34.6 Å². The topological polar surface area (TPSA) is 213 Å². The van der Waals surface area contributed by atoms with Crippen LogP contribution in [-0.4, -0.2) is 66.5 Å². The lowest BCUT2D eigenvalue weighted by Crippen LogP contribution is -2.49. The van der Waals surface area contributed by atoms with Crippen LogP contribution in [-0.2, 0) is 0 Å². The SMILES string of the molecule is O=C(c1cc([N+](=O)[O-])cc([N+](=O)[O-])c1)N1CCC(N(C(=O)c2cc([N+](=O)[O-])cc([N+](=O)[O-])c2)C2CCCCC2)C1. The predicted molar refractivity (Wildman–Crippen MR) is 137 cm³/mol. The summed E-state index contributed by atoms with van der Waals surface area (Å²) < 4.78 is 0. The summed E-state index contributed by atoms with van der Waals surface area (Å²) in [5.74, 6) is -1.32. The van der Waals surface area contributed by atoms with Gasteiger partial charge in [0, 0.05) is 43.4 Å². The first kappa shape index (κ1) is 28.0. The van der Waals surface area contributed by atoms with Crippen molar-refractivity contribution in [2.75, 3.05) is 13.1 Å².